The largest absolute Gasteiger partial charge is 0.396 e. The third kappa shape index (κ3) is 5.03. The van der Waals surface area contributed by atoms with Crippen molar-refractivity contribution in [3.8, 4) is 6.07 Å². The van der Waals surface area contributed by atoms with E-state index in [4.69, 9.17) is 4.98 Å². The highest BCUT2D eigenvalue weighted by Crippen LogP contribution is 2.45. The number of hydrogen-bond acceptors (Lipinski definition) is 6. The molecule has 1 aromatic rings. The summed E-state index contributed by atoms with van der Waals surface area (Å²) < 4.78 is 0. The number of aliphatic hydroxyl groups excluding tert-OH is 1. The summed E-state index contributed by atoms with van der Waals surface area (Å²) in [5.41, 5.74) is 4.60. The lowest BCUT2D eigenvalue weighted by atomic mass is 9.90. The number of rotatable bonds is 7. The maximum absolute atomic E-state index is 12.6. The van der Waals surface area contributed by atoms with E-state index < -0.39 is 0 Å². The van der Waals surface area contributed by atoms with Gasteiger partial charge in [-0.15, -0.1) is 0 Å². The van der Waals surface area contributed by atoms with E-state index >= 15 is 0 Å². The van der Waals surface area contributed by atoms with E-state index in [0.29, 0.717) is 50.0 Å². The first-order valence-electron chi connectivity index (χ1n) is 13.0. The molecule has 8 nitrogen and oxygen atoms in total. The molecule has 3 aliphatic rings. The molecule has 1 saturated carbocycles. The highest BCUT2D eigenvalue weighted by atomic mass is 16.3. The van der Waals surface area contributed by atoms with Crippen molar-refractivity contribution in [3.63, 3.8) is 0 Å². The first kappa shape index (κ1) is 25.9. The van der Waals surface area contributed by atoms with Crippen LogP contribution in [0.5, 0.6) is 0 Å². The van der Waals surface area contributed by atoms with E-state index in [-0.39, 0.29) is 36.8 Å². The predicted molar refractivity (Wildman–Crippen MR) is 139 cm³/mol. The number of carbonyl (C=O) groups excluding carboxylic acids is 2. The molecule has 1 unspecified atom stereocenters. The highest BCUT2D eigenvalue weighted by Gasteiger charge is 2.37. The first-order valence-corrected chi connectivity index (χ1v) is 13.0. The zero-order valence-electron chi connectivity index (χ0n) is 21.7. The third-order valence-electron chi connectivity index (χ3n) is 7.62. The average molecular weight is 492 g/mol. The molecule has 8 heteroatoms. The van der Waals surface area contributed by atoms with Crippen LogP contribution in [0.4, 0.5) is 5.82 Å². The lowest BCUT2D eigenvalue weighted by Crippen LogP contribution is -2.57. The van der Waals surface area contributed by atoms with Gasteiger partial charge in [0, 0.05) is 50.6 Å². The Balaban J connectivity index is 1.72. The topological polar surface area (TPSA) is 101 Å². The molecular formula is C28H37N5O3. The second-order valence-corrected chi connectivity index (χ2v) is 10.4. The van der Waals surface area contributed by atoms with E-state index in [0.717, 1.165) is 41.7 Å². The molecule has 3 heterocycles. The number of pyridine rings is 1. The third-order valence-corrected chi connectivity index (χ3v) is 7.62. The van der Waals surface area contributed by atoms with Crippen LogP contribution in [0, 0.1) is 24.2 Å². The average Bonchev–Trinajstić information content (AvgIpc) is 3.73. The van der Waals surface area contributed by atoms with Crippen LogP contribution < -0.4 is 4.90 Å². The van der Waals surface area contributed by atoms with Gasteiger partial charge in [0.25, 0.3) is 0 Å². The zero-order chi connectivity index (χ0) is 26.0. The van der Waals surface area contributed by atoms with E-state index in [2.05, 4.69) is 37.5 Å². The van der Waals surface area contributed by atoms with Crippen LogP contribution in [0.1, 0.15) is 67.8 Å². The lowest BCUT2D eigenvalue weighted by molar-refractivity contribution is -0.135. The molecule has 2 aliphatic heterocycles. The summed E-state index contributed by atoms with van der Waals surface area (Å²) in [6.45, 7) is 12.6. The molecule has 0 spiro atoms. The summed E-state index contributed by atoms with van der Waals surface area (Å²) in [7, 11) is 0. The van der Waals surface area contributed by atoms with Gasteiger partial charge in [-0.25, -0.2) is 4.98 Å². The van der Waals surface area contributed by atoms with Gasteiger partial charge in [-0.3, -0.25) is 9.59 Å². The molecule has 1 aliphatic carbocycles. The number of aromatic nitrogens is 1. The Morgan fingerprint density at radius 2 is 2.06 bits per heavy atom. The maximum atomic E-state index is 12.6. The van der Waals surface area contributed by atoms with Gasteiger partial charge in [0.05, 0.1) is 23.9 Å². The number of aliphatic hydroxyl groups is 1. The molecule has 2 fully saturated rings. The minimum atomic E-state index is -0.152. The Bertz CT molecular complexity index is 1120. The summed E-state index contributed by atoms with van der Waals surface area (Å²) >= 11 is 0. The Labute approximate surface area is 213 Å². The molecule has 4 rings (SSSR count). The quantitative estimate of drug-likeness (QED) is 0.589. The predicted octanol–water partition coefficient (Wildman–Crippen LogP) is 3.00. The molecule has 2 amide bonds. The Hall–Kier alpha value is -3.18. The van der Waals surface area contributed by atoms with Crippen molar-refractivity contribution in [2.75, 3.05) is 44.2 Å². The van der Waals surface area contributed by atoms with Crippen LogP contribution in [0.2, 0.25) is 0 Å². The van der Waals surface area contributed by atoms with E-state index in [1.165, 1.54) is 6.08 Å². The summed E-state index contributed by atoms with van der Waals surface area (Å²) in [6.07, 6.45) is 6.59. The first-order chi connectivity index (χ1) is 17.3. The van der Waals surface area contributed by atoms with Crippen molar-refractivity contribution in [2.45, 2.75) is 58.4 Å². The summed E-state index contributed by atoms with van der Waals surface area (Å²) in [6, 6.07) is 2.41. The normalized spacial score (nSPS) is 20.3. The Morgan fingerprint density at radius 1 is 1.31 bits per heavy atom. The molecule has 1 saturated heterocycles. The molecule has 0 bridgehead atoms. The van der Waals surface area contributed by atoms with Gasteiger partial charge in [-0.2, -0.15) is 5.26 Å². The van der Waals surface area contributed by atoms with Gasteiger partial charge in [0.1, 0.15) is 11.9 Å². The molecule has 192 valence electrons. The molecule has 0 radical (unpaired) electrons. The van der Waals surface area contributed by atoms with E-state index in [1.54, 1.807) is 4.90 Å². The van der Waals surface area contributed by atoms with Gasteiger partial charge < -0.3 is 19.8 Å². The van der Waals surface area contributed by atoms with Gasteiger partial charge in [0.15, 0.2) is 0 Å². The number of piperazine rings is 1. The van der Waals surface area contributed by atoms with E-state index in [1.807, 2.05) is 11.8 Å². The zero-order valence-corrected chi connectivity index (χ0v) is 21.7. The smallest absolute Gasteiger partial charge is 0.246 e. The van der Waals surface area contributed by atoms with Crippen LogP contribution in [-0.2, 0) is 9.59 Å². The maximum Gasteiger partial charge on any atom is 0.246 e. The number of hydrogen-bond donors (Lipinski definition) is 1. The fourth-order valence-electron chi connectivity index (χ4n) is 5.49. The Kier molecular flexibility index (Phi) is 7.79. The van der Waals surface area contributed by atoms with Crippen molar-refractivity contribution in [1.82, 2.24) is 14.8 Å². The number of carbonyl (C=O) groups is 2. The number of anilines is 1. The van der Waals surface area contributed by atoms with Crippen molar-refractivity contribution < 1.29 is 14.7 Å². The summed E-state index contributed by atoms with van der Waals surface area (Å²) in [5.74, 6) is 1.19. The number of nitrogens with zero attached hydrogens (tertiary/aromatic N) is 5. The van der Waals surface area contributed by atoms with E-state index in [9.17, 15) is 20.0 Å². The molecule has 36 heavy (non-hydrogen) atoms. The second-order valence-electron chi connectivity index (χ2n) is 10.4. The molecular weight excluding hydrogens is 454 g/mol. The monoisotopic (exact) mass is 491 g/mol. The highest BCUT2D eigenvalue weighted by molar-refractivity contribution is 5.89. The second kappa shape index (κ2) is 10.8. The van der Waals surface area contributed by atoms with Crippen molar-refractivity contribution in [2.24, 2.45) is 5.92 Å². The summed E-state index contributed by atoms with van der Waals surface area (Å²) in [5, 5.41) is 19.5. The van der Waals surface area contributed by atoms with Crippen LogP contribution in [0.15, 0.2) is 18.7 Å². The van der Waals surface area contributed by atoms with Crippen LogP contribution in [0.3, 0.4) is 0 Å². The van der Waals surface area contributed by atoms with Crippen molar-refractivity contribution in [1.29, 1.82) is 5.26 Å². The van der Waals surface area contributed by atoms with Gasteiger partial charge in [0.2, 0.25) is 11.8 Å². The number of amides is 2. The Morgan fingerprint density at radius 3 is 2.67 bits per heavy atom. The minimum Gasteiger partial charge on any atom is -0.396 e. The summed E-state index contributed by atoms with van der Waals surface area (Å²) in [4.78, 5) is 35.9. The number of nitriles is 1. The SMILES string of the molecule is C=CC(=O)N1CCC=C(c2c(C3CC3)nc(N3CCN(C(=O)CCO)C(C(C)C)C3)c(C#N)c2C)C1. The van der Waals surface area contributed by atoms with Crippen LogP contribution in [-0.4, -0.2) is 77.1 Å². The molecule has 0 aromatic carbocycles. The van der Waals surface area contributed by atoms with Gasteiger partial charge >= 0.3 is 0 Å². The molecule has 1 aromatic heterocycles. The fourth-order valence-corrected chi connectivity index (χ4v) is 5.49. The molecule has 1 N–H and O–H groups in total. The van der Waals surface area contributed by atoms with Crippen molar-refractivity contribution in [3.05, 3.63) is 41.1 Å². The van der Waals surface area contributed by atoms with Crippen LogP contribution in [0.25, 0.3) is 5.57 Å². The van der Waals surface area contributed by atoms with Gasteiger partial charge in [-0.1, -0.05) is 26.5 Å². The molecule has 1 atom stereocenters. The standard InChI is InChI=1S/C28H37N5O3/c1-5-24(35)31-11-6-7-21(16-31)26-19(4)22(15-29)28(30-27(26)20-8-9-20)32-12-13-33(25(36)10-14-34)23(17-32)18(2)3/h5,7,18,20,23,34H,1,6,8-14,16-17H2,2-4H3. The van der Waals surface area contributed by atoms with Crippen LogP contribution >= 0.6 is 0 Å². The van der Waals surface area contributed by atoms with Gasteiger partial charge in [-0.05, 0) is 49.3 Å². The minimum absolute atomic E-state index is 0.0185. The lowest BCUT2D eigenvalue weighted by Gasteiger charge is -2.44. The fraction of sp³-hybridized carbons (Fsp3) is 0.571. The van der Waals surface area contributed by atoms with Crippen molar-refractivity contribution >= 4 is 23.2 Å².